The molecule has 0 aliphatic heterocycles. The fourth-order valence-corrected chi connectivity index (χ4v) is 2.29. The van der Waals surface area contributed by atoms with Crippen molar-refractivity contribution in [2.75, 3.05) is 6.54 Å². The molecule has 1 rings (SSSR count). The van der Waals surface area contributed by atoms with Gasteiger partial charge in [-0.25, -0.2) is 0 Å². The fourth-order valence-electron chi connectivity index (χ4n) is 1.72. The van der Waals surface area contributed by atoms with Gasteiger partial charge in [0.25, 0.3) is 0 Å². The van der Waals surface area contributed by atoms with E-state index in [2.05, 4.69) is 5.32 Å². The lowest BCUT2D eigenvalue weighted by Gasteiger charge is -2.17. The first-order chi connectivity index (χ1) is 8.93. The third-order valence-corrected chi connectivity index (χ3v) is 3.63. The van der Waals surface area contributed by atoms with Crippen molar-refractivity contribution in [3.8, 4) is 0 Å². The third kappa shape index (κ3) is 6.31. The number of rotatable bonds is 6. The van der Waals surface area contributed by atoms with Crippen LogP contribution in [0.2, 0.25) is 10.0 Å². The van der Waals surface area contributed by atoms with Gasteiger partial charge in [0.15, 0.2) is 0 Å². The first-order valence-electron chi connectivity index (χ1n) is 6.42. The summed E-state index contributed by atoms with van der Waals surface area (Å²) in [6.45, 7) is 4.52. The first-order valence-corrected chi connectivity index (χ1v) is 7.18. The molecule has 0 aliphatic carbocycles. The van der Waals surface area contributed by atoms with Crippen LogP contribution >= 0.6 is 35.6 Å². The van der Waals surface area contributed by atoms with E-state index < -0.39 is 6.04 Å². The summed E-state index contributed by atoms with van der Waals surface area (Å²) in [5.74, 6) is 0.0723. The Morgan fingerprint density at radius 1 is 1.30 bits per heavy atom. The molecule has 0 saturated heterocycles. The predicted octanol–water partition coefficient (Wildman–Crippen LogP) is 3.45. The van der Waals surface area contributed by atoms with Gasteiger partial charge < -0.3 is 11.1 Å². The molecule has 3 N–H and O–H groups in total. The Kier molecular flexibility index (Phi) is 9.23. The highest BCUT2D eigenvalue weighted by Gasteiger charge is 2.18. The van der Waals surface area contributed by atoms with Gasteiger partial charge in [0.05, 0.1) is 6.04 Å². The summed E-state index contributed by atoms with van der Waals surface area (Å²) < 4.78 is 0. The van der Waals surface area contributed by atoms with E-state index in [9.17, 15) is 4.79 Å². The second kappa shape index (κ2) is 9.46. The van der Waals surface area contributed by atoms with E-state index in [0.717, 1.165) is 12.0 Å². The zero-order chi connectivity index (χ0) is 14.4. The Labute approximate surface area is 136 Å². The second-order valence-electron chi connectivity index (χ2n) is 4.73. The van der Waals surface area contributed by atoms with Crippen molar-refractivity contribution < 1.29 is 4.79 Å². The monoisotopic (exact) mass is 338 g/mol. The molecule has 1 amide bonds. The minimum Gasteiger partial charge on any atom is -0.354 e. The molecule has 6 heteroatoms. The van der Waals surface area contributed by atoms with Crippen LogP contribution < -0.4 is 11.1 Å². The number of nitrogens with two attached hydrogens (primary N) is 1. The molecule has 0 aliphatic rings. The summed E-state index contributed by atoms with van der Waals surface area (Å²) in [6, 6.07) is 4.92. The predicted molar refractivity (Wildman–Crippen MR) is 87.9 cm³/mol. The Hall–Kier alpha value is -0.480. The summed E-state index contributed by atoms with van der Waals surface area (Å²) >= 11 is 11.8. The highest BCUT2D eigenvalue weighted by molar-refractivity contribution is 6.34. The van der Waals surface area contributed by atoms with E-state index in [-0.39, 0.29) is 24.2 Å². The molecule has 0 radical (unpaired) electrons. The molecule has 0 spiro atoms. The molecule has 0 aromatic heterocycles. The Balaban J connectivity index is 0.00000361. The van der Waals surface area contributed by atoms with Gasteiger partial charge >= 0.3 is 0 Å². The fraction of sp³-hybridized carbons (Fsp3) is 0.500. The van der Waals surface area contributed by atoms with Gasteiger partial charge in [-0.2, -0.15) is 0 Å². The molecule has 0 heterocycles. The lowest BCUT2D eigenvalue weighted by molar-refractivity contribution is -0.123. The lowest BCUT2D eigenvalue weighted by atomic mass is 9.99. The van der Waals surface area contributed by atoms with Gasteiger partial charge in [-0.15, -0.1) is 12.4 Å². The number of nitrogens with one attached hydrogen (secondary N) is 1. The van der Waals surface area contributed by atoms with Crippen LogP contribution in [0.3, 0.4) is 0 Å². The summed E-state index contributed by atoms with van der Waals surface area (Å²) in [6.07, 6.45) is 1.57. The molecule has 1 aromatic carbocycles. The molecule has 2 atom stereocenters. The number of hydrogen-bond donors (Lipinski definition) is 2. The maximum absolute atomic E-state index is 11.8. The van der Waals surface area contributed by atoms with Gasteiger partial charge in [-0.1, -0.05) is 43.5 Å². The van der Waals surface area contributed by atoms with Gasteiger partial charge in [0.1, 0.15) is 0 Å². The summed E-state index contributed by atoms with van der Waals surface area (Å²) in [5.41, 5.74) is 6.84. The topological polar surface area (TPSA) is 55.1 Å². The van der Waals surface area contributed by atoms with E-state index in [4.69, 9.17) is 28.9 Å². The summed E-state index contributed by atoms with van der Waals surface area (Å²) in [4.78, 5) is 11.8. The van der Waals surface area contributed by atoms with Crippen LogP contribution in [-0.4, -0.2) is 18.5 Å². The van der Waals surface area contributed by atoms with E-state index in [1.807, 2.05) is 26.0 Å². The summed E-state index contributed by atoms with van der Waals surface area (Å²) in [5, 5.41) is 4.04. The van der Waals surface area contributed by atoms with Crippen LogP contribution in [0.15, 0.2) is 18.2 Å². The molecular formula is C14H21Cl3N2O. The Bertz CT molecular complexity index is 420. The largest absolute Gasteiger partial charge is 0.354 e. The number of hydrogen-bond acceptors (Lipinski definition) is 2. The number of halogens is 3. The molecule has 114 valence electrons. The van der Waals surface area contributed by atoms with E-state index in [1.54, 1.807) is 6.07 Å². The van der Waals surface area contributed by atoms with E-state index in [1.165, 1.54) is 0 Å². The third-order valence-electron chi connectivity index (χ3n) is 3.19. The van der Waals surface area contributed by atoms with Crippen molar-refractivity contribution in [2.24, 2.45) is 11.7 Å². The number of amides is 1. The molecule has 20 heavy (non-hydrogen) atoms. The second-order valence-corrected chi connectivity index (χ2v) is 5.60. The summed E-state index contributed by atoms with van der Waals surface area (Å²) in [7, 11) is 0. The molecule has 0 fully saturated rings. The highest BCUT2D eigenvalue weighted by Crippen LogP contribution is 2.19. The van der Waals surface area contributed by atoms with Crippen molar-refractivity contribution in [1.29, 1.82) is 0 Å². The minimum absolute atomic E-state index is 0. The van der Waals surface area contributed by atoms with Crippen LogP contribution in [0.5, 0.6) is 0 Å². The van der Waals surface area contributed by atoms with Crippen LogP contribution in [0.4, 0.5) is 0 Å². The SMILES string of the molecule is CCC(C)C(N)C(=O)NCCc1cc(Cl)cc(Cl)c1.Cl. The van der Waals surface area contributed by atoms with E-state index in [0.29, 0.717) is 23.0 Å². The van der Waals surface area contributed by atoms with Crippen LogP contribution in [-0.2, 0) is 11.2 Å². The molecule has 2 unspecified atom stereocenters. The average molecular weight is 340 g/mol. The Morgan fingerprint density at radius 3 is 2.35 bits per heavy atom. The maximum Gasteiger partial charge on any atom is 0.237 e. The Morgan fingerprint density at radius 2 is 1.85 bits per heavy atom. The van der Waals surface area contributed by atoms with Crippen molar-refractivity contribution in [1.82, 2.24) is 5.32 Å². The normalized spacial score (nSPS) is 13.2. The van der Waals surface area contributed by atoms with Crippen molar-refractivity contribution >= 4 is 41.5 Å². The average Bonchev–Trinajstić information content (AvgIpc) is 2.35. The van der Waals surface area contributed by atoms with Gasteiger partial charge in [-0.3, -0.25) is 4.79 Å². The molecule has 0 bridgehead atoms. The zero-order valence-corrected chi connectivity index (χ0v) is 14.0. The van der Waals surface area contributed by atoms with Crippen LogP contribution in [0, 0.1) is 5.92 Å². The minimum atomic E-state index is -0.451. The molecule has 3 nitrogen and oxygen atoms in total. The van der Waals surface area contributed by atoms with Crippen LogP contribution in [0.1, 0.15) is 25.8 Å². The van der Waals surface area contributed by atoms with Gasteiger partial charge in [-0.05, 0) is 36.1 Å². The zero-order valence-electron chi connectivity index (χ0n) is 11.7. The molecular weight excluding hydrogens is 319 g/mol. The number of benzene rings is 1. The van der Waals surface area contributed by atoms with Crippen LogP contribution in [0.25, 0.3) is 0 Å². The van der Waals surface area contributed by atoms with Crippen molar-refractivity contribution in [3.05, 3.63) is 33.8 Å². The first kappa shape index (κ1) is 19.5. The van der Waals surface area contributed by atoms with Gasteiger partial charge in [0, 0.05) is 16.6 Å². The van der Waals surface area contributed by atoms with Crippen molar-refractivity contribution in [3.63, 3.8) is 0 Å². The quantitative estimate of drug-likeness (QED) is 0.834. The van der Waals surface area contributed by atoms with Crippen molar-refractivity contribution in [2.45, 2.75) is 32.7 Å². The standard InChI is InChI=1S/C14H20Cl2N2O.ClH/c1-3-9(2)13(17)14(19)18-5-4-10-6-11(15)8-12(16)7-10;/h6-9,13H,3-5,17H2,1-2H3,(H,18,19);1H. The lowest BCUT2D eigenvalue weighted by Crippen LogP contribution is -2.45. The highest BCUT2D eigenvalue weighted by atomic mass is 35.5. The van der Waals surface area contributed by atoms with E-state index >= 15 is 0 Å². The van der Waals surface area contributed by atoms with Gasteiger partial charge in [0.2, 0.25) is 5.91 Å². The number of carbonyl (C=O) groups excluding carboxylic acids is 1. The molecule has 0 saturated carbocycles. The molecule has 1 aromatic rings. The number of carbonyl (C=O) groups is 1. The smallest absolute Gasteiger partial charge is 0.237 e. The maximum atomic E-state index is 11.8.